The van der Waals surface area contributed by atoms with Gasteiger partial charge in [-0.25, -0.2) is 8.42 Å². The summed E-state index contributed by atoms with van der Waals surface area (Å²) in [5.41, 5.74) is 0.903. The molecule has 0 aromatic heterocycles. The van der Waals surface area contributed by atoms with Crippen molar-refractivity contribution in [3.63, 3.8) is 0 Å². The number of hydrogen-bond donors (Lipinski definition) is 1. The van der Waals surface area contributed by atoms with Crippen LogP contribution in [0.25, 0.3) is 0 Å². The lowest BCUT2D eigenvalue weighted by Gasteiger charge is -2.03. The van der Waals surface area contributed by atoms with E-state index in [4.69, 9.17) is 0 Å². The minimum absolute atomic E-state index is 0.417. The van der Waals surface area contributed by atoms with E-state index in [1.807, 2.05) is 12.1 Å². The van der Waals surface area contributed by atoms with Gasteiger partial charge in [-0.1, -0.05) is 30.1 Å². The van der Waals surface area contributed by atoms with Crippen LogP contribution in [0.15, 0.2) is 29.2 Å². The molecule has 0 bridgehead atoms. The molecule has 1 aliphatic heterocycles. The number of nitrogens with one attached hydrogen (secondary N) is 1. The van der Waals surface area contributed by atoms with E-state index < -0.39 is 10.0 Å². The zero-order chi connectivity index (χ0) is 9.31. The molecule has 0 spiro atoms. The van der Waals surface area contributed by atoms with Gasteiger partial charge in [0, 0.05) is 5.75 Å². The molecule has 70 valence electrons. The van der Waals surface area contributed by atoms with Gasteiger partial charge in [0.25, 0.3) is 0 Å². The second kappa shape index (κ2) is 3.32. The Balaban J connectivity index is 2.62. The van der Waals surface area contributed by atoms with Crippen molar-refractivity contribution in [2.24, 2.45) is 0 Å². The molecule has 3 nitrogen and oxygen atoms in total. The van der Waals surface area contributed by atoms with Crippen LogP contribution in [0.4, 0.5) is 0 Å². The van der Waals surface area contributed by atoms with E-state index in [0.29, 0.717) is 4.90 Å². The fourth-order valence-corrected chi connectivity index (χ4v) is 3.71. The Bertz CT molecular complexity index is 414. The van der Waals surface area contributed by atoms with Crippen molar-refractivity contribution in [1.29, 1.82) is 0 Å². The van der Waals surface area contributed by atoms with Crippen LogP contribution >= 0.6 is 11.9 Å². The van der Waals surface area contributed by atoms with Gasteiger partial charge in [-0.15, -0.1) is 0 Å². The van der Waals surface area contributed by atoms with E-state index in [-0.39, 0.29) is 0 Å². The Hall–Kier alpha value is -0.520. The Morgan fingerprint density at radius 2 is 2.08 bits per heavy atom. The SMILES string of the molecule is O=S1(=O)NSCCc2ccccc21. The summed E-state index contributed by atoms with van der Waals surface area (Å²) in [5.74, 6) is 0.788. The van der Waals surface area contributed by atoms with Crippen molar-refractivity contribution in [2.75, 3.05) is 5.75 Å². The molecule has 1 aromatic carbocycles. The average Bonchev–Trinajstić information content (AvgIpc) is 2.26. The van der Waals surface area contributed by atoms with Gasteiger partial charge in [0.1, 0.15) is 0 Å². The molecule has 1 N–H and O–H groups in total. The molecule has 0 radical (unpaired) electrons. The summed E-state index contributed by atoms with van der Waals surface area (Å²) < 4.78 is 25.6. The zero-order valence-corrected chi connectivity index (χ0v) is 8.49. The molecular weight excluding hydrogens is 206 g/mol. The van der Waals surface area contributed by atoms with Crippen molar-refractivity contribution < 1.29 is 8.42 Å². The Labute approximate surface area is 81.7 Å². The highest BCUT2D eigenvalue weighted by atomic mass is 32.3. The molecule has 0 aliphatic carbocycles. The molecule has 0 fully saturated rings. The highest BCUT2D eigenvalue weighted by Crippen LogP contribution is 2.21. The Morgan fingerprint density at radius 1 is 1.31 bits per heavy atom. The van der Waals surface area contributed by atoms with Gasteiger partial charge < -0.3 is 0 Å². The van der Waals surface area contributed by atoms with Crippen LogP contribution in [0.2, 0.25) is 0 Å². The van der Waals surface area contributed by atoms with Crippen LogP contribution in [0.3, 0.4) is 0 Å². The Morgan fingerprint density at radius 3 is 2.92 bits per heavy atom. The van der Waals surface area contributed by atoms with Crippen molar-refractivity contribution in [2.45, 2.75) is 11.3 Å². The normalized spacial score (nSPS) is 20.3. The summed E-state index contributed by atoms with van der Waals surface area (Å²) in [5, 5.41) is 0. The van der Waals surface area contributed by atoms with Crippen molar-refractivity contribution in [3.05, 3.63) is 29.8 Å². The van der Waals surface area contributed by atoms with E-state index in [9.17, 15) is 8.42 Å². The molecule has 0 amide bonds. The van der Waals surface area contributed by atoms with Crippen LogP contribution in [0.1, 0.15) is 5.56 Å². The maximum Gasteiger partial charge on any atom is 0.250 e. The minimum atomic E-state index is -3.27. The largest absolute Gasteiger partial charge is 0.250 e. The number of fused-ring (bicyclic) bond motifs is 1. The molecule has 1 aliphatic rings. The lowest BCUT2D eigenvalue weighted by molar-refractivity contribution is 0.594. The van der Waals surface area contributed by atoms with Crippen molar-refractivity contribution >= 4 is 22.0 Å². The molecule has 0 atom stereocenters. The molecule has 5 heteroatoms. The predicted octanol–water partition coefficient (Wildman–Crippen LogP) is 1.17. The quantitative estimate of drug-likeness (QED) is 0.661. The molecule has 1 heterocycles. The summed E-state index contributed by atoms with van der Waals surface area (Å²) in [6, 6.07) is 7.11. The van der Waals surface area contributed by atoms with Gasteiger partial charge in [0.05, 0.1) is 4.90 Å². The first kappa shape index (κ1) is 9.05. The van der Waals surface area contributed by atoms with E-state index in [2.05, 4.69) is 4.13 Å². The smallest absolute Gasteiger partial charge is 0.206 e. The molecule has 2 rings (SSSR count). The van der Waals surface area contributed by atoms with Gasteiger partial charge in [-0.05, 0) is 18.1 Å². The number of benzene rings is 1. The maximum atomic E-state index is 11.6. The zero-order valence-electron chi connectivity index (χ0n) is 6.86. The second-order valence-electron chi connectivity index (χ2n) is 2.79. The van der Waals surface area contributed by atoms with Crippen LogP contribution in [0, 0.1) is 0 Å². The topological polar surface area (TPSA) is 46.2 Å². The maximum absolute atomic E-state index is 11.6. The first-order valence-corrected chi connectivity index (χ1v) is 6.38. The van der Waals surface area contributed by atoms with Gasteiger partial charge in [0.15, 0.2) is 0 Å². The monoisotopic (exact) mass is 215 g/mol. The summed E-state index contributed by atoms with van der Waals surface area (Å²) in [4.78, 5) is 0.417. The molecular formula is C8H9NO2S2. The van der Waals surface area contributed by atoms with Crippen molar-refractivity contribution in [3.8, 4) is 0 Å². The average molecular weight is 215 g/mol. The van der Waals surface area contributed by atoms with Gasteiger partial charge in [-0.3, -0.25) is 0 Å². The third-order valence-corrected chi connectivity index (χ3v) is 4.64. The number of hydrogen-bond acceptors (Lipinski definition) is 3. The van der Waals surface area contributed by atoms with Crippen LogP contribution in [0.5, 0.6) is 0 Å². The van der Waals surface area contributed by atoms with Crippen molar-refractivity contribution in [1.82, 2.24) is 4.13 Å². The third kappa shape index (κ3) is 1.72. The number of aryl methyl sites for hydroxylation is 1. The summed E-state index contributed by atoms with van der Waals surface area (Å²) in [6.45, 7) is 0. The predicted molar refractivity (Wildman–Crippen MR) is 52.9 cm³/mol. The summed E-state index contributed by atoms with van der Waals surface area (Å²) >= 11 is 1.24. The van der Waals surface area contributed by atoms with Crippen LogP contribution in [-0.2, 0) is 16.4 Å². The third-order valence-electron chi connectivity index (χ3n) is 1.90. The molecule has 1 aromatic rings. The number of rotatable bonds is 0. The van der Waals surface area contributed by atoms with E-state index >= 15 is 0 Å². The highest BCUT2D eigenvalue weighted by Gasteiger charge is 2.20. The van der Waals surface area contributed by atoms with Gasteiger partial charge in [0.2, 0.25) is 10.0 Å². The summed E-state index contributed by atoms with van der Waals surface area (Å²) in [7, 11) is -3.27. The van der Waals surface area contributed by atoms with Crippen LogP contribution in [-0.4, -0.2) is 14.2 Å². The lowest BCUT2D eigenvalue weighted by atomic mass is 10.2. The van der Waals surface area contributed by atoms with Crippen LogP contribution < -0.4 is 4.13 Å². The van der Waals surface area contributed by atoms with E-state index in [1.54, 1.807) is 12.1 Å². The highest BCUT2D eigenvalue weighted by molar-refractivity contribution is 8.09. The standard InChI is InChI=1S/C8H9NO2S2/c10-13(11)8-4-2-1-3-7(8)5-6-12-9-13/h1-4,9H,5-6H2. The van der Waals surface area contributed by atoms with Gasteiger partial charge in [-0.2, -0.15) is 4.13 Å². The fourth-order valence-electron chi connectivity index (χ4n) is 1.30. The number of sulfonamides is 1. The minimum Gasteiger partial charge on any atom is -0.206 e. The lowest BCUT2D eigenvalue weighted by Crippen LogP contribution is -2.15. The fraction of sp³-hybridized carbons (Fsp3) is 0.250. The molecule has 13 heavy (non-hydrogen) atoms. The Kier molecular flexibility index (Phi) is 2.31. The first-order chi connectivity index (χ1) is 6.20. The van der Waals surface area contributed by atoms with E-state index in [0.717, 1.165) is 17.7 Å². The van der Waals surface area contributed by atoms with Gasteiger partial charge >= 0.3 is 0 Å². The molecule has 0 unspecified atom stereocenters. The molecule has 0 saturated carbocycles. The van der Waals surface area contributed by atoms with E-state index in [1.165, 1.54) is 11.9 Å². The summed E-state index contributed by atoms with van der Waals surface area (Å²) in [6.07, 6.45) is 0.799. The molecule has 0 saturated heterocycles. The second-order valence-corrected chi connectivity index (χ2v) is 5.60. The first-order valence-electron chi connectivity index (χ1n) is 3.92.